The van der Waals surface area contributed by atoms with E-state index in [0.717, 1.165) is 6.42 Å². The van der Waals surface area contributed by atoms with E-state index in [4.69, 9.17) is 0 Å². The molecule has 2 aromatic carbocycles. The average molecular weight is 240 g/mol. The number of nitrogens with one attached hydrogen (secondary N) is 2. The normalized spacial score (nSPS) is 12.3. The minimum absolute atomic E-state index is 0.428. The van der Waals surface area contributed by atoms with Gasteiger partial charge >= 0.3 is 0 Å². The molecule has 2 aromatic rings. The fourth-order valence-corrected chi connectivity index (χ4v) is 2.11. The Morgan fingerprint density at radius 2 is 1.50 bits per heavy atom. The summed E-state index contributed by atoms with van der Waals surface area (Å²) in [4.78, 5) is 0. The third-order valence-electron chi connectivity index (χ3n) is 2.99. The number of hydrazine groups is 1. The largest absolute Gasteiger partial charge is 0.261 e. The van der Waals surface area contributed by atoms with E-state index in [2.05, 4.69) is 66.3 Å². The minimum Gasteiger partial charge on any atom is -0.261 e. The summed E-state index contributed by atoms with van der Waals surface area (Å²) >= 11 is 0. The molecule has 0 amide bonds. The molecule has 0 heterocycles. The van der Waals surface area contributed by atoms with Crippen molar-refractivity contribution in [1.82, 2.24) is 10.9 Å². The molecule has 0 aromatic heterocycles. The molecule has 1 atom stereocenters. The van der Waals surface area contributed by atoms with Crippen LogP contribution in [0.2, 0.25) is 0 Å². The van der Waals surface area contributed by atoms with Crippen molar-refractivity contribution in [3.8, 4) is 11.1 Å². The van der Waals surface area contributed by atoms with Gasteiger partial charge in [0, 0.05) is 6.04 Å². The first-order valence-electron chi connectivity index (χ1n) is 6.36. The van der Waals surface area contributed by atoms with Gasteiger partial charge in [0.05, 0.1) is 0 Å². The van der Waals surface area contributed by atoms with E-state index in [1.54, 1.807) is 0 Å². The Bertz CT molecular complexity index is 462. The van der Waals surface area contributed by atoms with Crippen LogP contribution in [0.25, 0.3) is 11.1 Å². The molecule has 0 aliphatic heterocycles. The van der Waals surface area contributed by atoms with E-state index < -0.39 is 0 Å². The van der Waals surface area contributed by atoms with Crippen LogP contribution in [0.4, 0.5) is 0 Å². The number of rotatable bonds is 5. The summed E-state index contributed by atoms with van der Waals surface area (Å²) in [6.45, 7) is 2.17. The maximum absolute atomic E-state index is 3.19. The first-order chi connectivity index (χ1) is 8.79. The molecule has 0 fully saturated rings. The molecule has 0 saturated heterocycles. The van der Waals surface area contributed by atoms with Gasteiger partial charge in [-0.1, -0.05) is 54.6 Å². The first-order valence-corrected chi connectivity index (χ1v) is 6.36. The maximum Gasteiger partial charge on any atom is 0.0224 e. The molecule has 1 unspecified atom stereocenters. The molecule has 0 saturated carbocycles. The lowest BCUT2D eigenvalue weighted by atomic mass is 10.0. The Kier molecular flexibility index (Phi) is 4.51. The van der Waals surface area contributed by atoms with Gasteiger partial charge < -0.3 is 0 Å². The van der Waals surface area contributed by atoms with Crippen molar-refractivity contribution < 1.29 is 0 Å². The first kappa shape index (κ1) is 12.8. The van der Waals surface area contributed by atoms with Crippen LogP contribution in [-0.2, 0) is 6.42 Å². The van der Waals surface area contributed by atoms with Gasteiger partial charge in [0.15, 0.2) is 0 Å². The van der Waals surface area contributed by atoms with E-state index in [9.17, 15) is 0 Å². The second-order valence-corrected chi connectivity index (χ2v) is 4.56. The van der Waals surface area contributed by atoms with Gasteiger partial charge in [0.25, 0.3) is 0 Å². The topological polar surface area (TPSA) is 24.1 Å². The van der Waals surface area contributed by atoms with E-state index in [-0.39, 0.29) is 0 Å². The van der Waals surface area contributed by atoms with Crippen LogP contribution >= 0.6 is 0 Å². The zero-order valence-corrected chi connectivity index (χ0v) is 11.0. The van der Waals surface area contributed by atoms with Crippen molar-refractivity contribution in [3.05, 3.63) is 60.2 Å². The Morgan fingerprint density at radius 3 is 2.11 bits per heavy atom. The Labute approximate surface area is 109 Å². The molecule has 94 valence electrons. The SMILES string of the molecule is CNNC(C)Cc1ccc(-c2ccccc2)cc1. The van der Waals surface area contributed by atoms with E-state index in [1.807, 2.05) is 13.1 Å². The lowest BCUT2D eigenvalue weighted by Gasteiger charge is -2.12. The van der Waals surface area contributed by atoms with Crippen LogP contribution in [-0.4, -0.2) is 13.1 Å². The molecule has 0 aliphatic carbocycles. The lowest BCUT2D eigenvalue weighted by Crippen LogP contribution is -2.37. The van der Waals surface area contributed by atoms with E-state index >= 15 is 0 Å². The second kappa shape index (κ2) is 6.34. The van der Waals surface area contributed by atoms with Gasteiger partial charge in [0.2, 0.25) is 0 Å². The second-order valence-electron chi connectivity index (χ2n) is 4.56. The van der Waals surface area contributed by atoms with Gasteiger partial charge in [-0.2, -0.15) is 0 Å². The van der Waals surface area contributed by atoms with Crippen LogP contribution in [0.3, 0.4) is 0 Å². The number of hydrogen-bond donors (Lipinski definition) is 2. The van der Waals surface area contributed by atoms with Crippen molar-refractivity contribution in [2.24, 2.45) is 0 Å². The monoisotopic (exact) mass is 240 g/mol. The smallest absolute Gasteiger partial charge is 0.0224 e. The third kappa shape index (κ3) is 3.42. The summed E-state index contributed by atoms with van der Waals surface area (Å²) in [5.74, 6) is 0. The predicted octanol–water partition coefficient (Wildman–Crippen LogP) is 3.01. The van der Waals surface area contributed by atoms with Crippen molar-refractivity contribution >= 4 is 0 Å². The molecule has 18 heavy (non-hydrogen) atoms. The zero-order valence-electron chi connectivity index (χ0n) is 11.0. The summed E-state index contributed by atoms with van der Waals surface area (Å²) in [5.41, 5.74) is 10.1. The van der Waals surface area contributed by atoms with E-state index in [0.29, 0.717) is 6.04 Å². The Morgan fingerprint density at radius 1 is 0.889 bits per heavy atom. The molecule has 2 rings (SSSR count). The highest BCUT2D eigenvalue weighted by Gasteiger charge is 2.02. The highest BCUT2D eigenvalue weighted by atomic mass is 15.3. The molecule has 0 bridgehead atoms. The maximum atomic E-state index is 3.19. The minimum atomic E-state index is 0.428. The molecular weight excluding hydrogens is 220 g/mol. The molecule has 0 aliphatic rings. The molecule has 0 radical (unpaired) electrons. The fourth-order valence-electron chi connectivity index (χ4n) is 2.11. The van der Waals surface area contributed by atoms with Crippen molar-refractivity contribution in [3.63, 3.8) is 0 Å². The average Bonchev–Trinajstić information content (AvgIpc) is 2.41. The highest BCUT2D eigenvalue weighted by molar-refractivity contribution is 5.63. The molecule has 2 heteroatoms. The summed E-state index contributed by atoms with van der Waals surface area (Å²) in [6.07, 6.45) is 1.02. The molecule has 2 nitrogen and oxygen atoms in total. The summed E-state index contributed by atoms with van der Waals surface area (Å²) in [6, 6.07) is 19.7. The predicted molar refractivity (Wildman–Crippen MR) is 77.2 cm³/mol. The van der Waals surface area contributed by atoms with Gasteiger partial charge in [-0.3, -0.25) is 10.9 Å². The fraction of sp³-hybridized carbons (Fsp3) is 0.250. The molecule has 2 N–H and O–H groups in total. The molecule has 0 spiro atoms. The van der Waals surface area contributed by atoms with E-state index in [1.165, 1.54) is 16.7 Å². The van der Waals surface area contributed by atoms with Crippen LogP contribution < -0.4 is 10.9 Å². The lowest BCUT2D eigenvalue weighted by molar-refractivity contribution is 0.486. The summed E-state index contributed by atoms with van der Waals surface area (Å²) < 4.78 is 0. The third-order valence-corrected chi connectivity index (χ3v) is 2.99. The Hall–Kier alpha value is -1.64. The van der Waals surface area contributed by atoms with Crippen molar-refractivity contribution in [1.29, 1.82) is 0 Å². The van der Waals surface area contributed by atoms with Crippen LogP contribution in [0.5, 0.6) is 0 Å². The van der Waals surface area contributed by atoms with Gasteiger partial charge in [-0.15, -0.1) is 0 Å². The van der Waals surface area contributed by atoms with Crippen LogP contribution in [0, 0.1) is 0 Å². The standard InChI is InChI=1S/C16H20N2/c1-13(18-17-2)12-14-8-10-16(11-9-14)15-6-4-3-5-7-15/h3-11,13,17-18H,12H2,1-2H3. The summed E-state index contributed by atoms with van der Waals surface area (Å²) in [5, 5.41) is 0. The van der Waals surface area contributed by atoms with Gasteiger partial charge in [-0.05, 0) is 37.1 Å². The number of hydrogen-bond acceptors (Lipinski definition) is 2. The zero-order chi connectivity index (χ0) is 12.8. The Balaban J connectivity index is 2.06. The van der Waals surface area contributed by atoms with Gasteiger partial charge in [0.1, 0.15) is 0 Å². The van der Waals surface area contributed by atoms with Crippen molar-refractivity contribution in [2.75, 3.05) is 7.05 Å². The number of benzene rings is 2. The van der Waals surface area contributed by atoms with Crippen LogP contribution in [0.1, 0.15) is 12.5 Å². The molecular formula is C16H20N2. The highest BCUT2D eigenvalue weighted by Crippen LogP contribution is 2.19. The van der Waals surface area contributed by atoms with Crippen LogP contribution in [0.15, 0.2) is 54.6 Å². The van der Waals surface area contributed by atoms with Gasteiger partial charge in [-0.25, -0.2) is 0 Å². The quantitative estimate of drug-likeness (QED) is 0.785. The van der Waals surface area contributed by atoms with Crippen molar-refractivity contribution in [2.45, 2.75) is 19.4 Å². The summed E-state index contributed by atoms with van der Waals surface area (Å²) in [7, 11) is 1.90.